The predicted octanol–water partition coefficient (Wildman–Crippen LogP) is 7.60. The first-order chi connectivity index (χ1) is 18.4. The molecule has 2 bridgehead atoms. The standard InChI is InChI=1S/C31H19Cl3N2O2/c32-21-12-5-6-15-24(21)36-29(37)26-25-17-8-1-3-10-19(17)31(27(26)30(36)38,20-11-4-2-9-18(20)25)16-35-23-14-7-13-22(33)28(23)34/h1-16,25-27H/t25?,26-,27-,31?/m1/s1. The maximum Gasteiger partial charge on any atom is 0.239 e. The van der Waals surface area contributed by atoms with Crippen molar-refractivity contribution in [1.29, 1.82) is 0 Å². The van der Waals surface area contributed by atoms with Crippen molar-refractivity contribution in [2.75, 3.05) is 4.90 Å². The average Bonchev–Trinajstić information content (AvgIpc) is 3.20. The molecule has 0 N–H and O–H groups in total. The SMILES string of the molecule is O=C1[C@@H]2C3c4ccccc4C(C=Nc4cccc(Cl)c4Cl)(c4ccccc43)[C@H]2C(=O)N1c1ccccc1Cl. The number of hydrogen-bond acceptors (Lipinski definition) is 3. The largest absolute Gasteiger partial charge is 0.274 e. The molecule has 38 heavy (non-hydrogen) atoms. The van der Waals surface area contributed by atoms with Crippen molar-refractivity contribution in [2.45, 2.75) is 11.3 Å². The van der Waals surface area contributed by atoms with E-state index in [-0.39, 0.29) is 17.7 Å². The van der Waals surface area contributed by atoms with Gasteiger partial charge in [-0.25, -0.2) is 4.90 Å². The van der Waals surface area contributed by atoms with Gasteiger partial charge in [0.25, 0.3) is 0 Å². The van der Waals surface area contributed by atoms with Crippen LogP contribution < -0.4 is 4.90 Å². The number of carbonyl (C=O) groups excluding carboxylic acids is 2. The third-order valence-electron chi connectivity index (χ3n) is 8.12. The third-order valence-corrected chi connectivity index (χ3v) is 9.24. The normalized spacial score (nSPS) is 25.0. The van der Waals surface area contributed by atoms with Crippen molar-refractivity contribution in [3.8, 4) is 0 Å². The van der Waals surface area contributed by atoms with Crippen LogP contribution in [0.4, 0.5) is 11.4 Å². The molecule has 0 saturated carbocycles. The minimum absolute atomic E-state index is 0.249. The third kappa shape index (κ3) is 3.02. The van der Waals surface area contributed by atoms with E-state index in [2.05, 4.69) is 12.1 Å². The van der Waals surface area contributed by atoms with Gasteiger partial charge in [0.1, 0.15) is 0 Å². The molecule has 1 fully saturated rings. The van der Waals surface area contributed by atoms with Crippen molar-refractivity contribution in [1.82, 2.24) is 0 Å². The van der Waals surface area contributed by atoms with Crippen LogP contribution in [-0.2, 0) is 15.0 Å². The van der Waals surface area contributed by atoms with E-state index in [4.69, 9.17) is 39.8 Å². The number of rotatable bonds is 3. The van der Waals surface area contributed by atoms with Gasteiger partial charge >= 0.3 is 0 Å². The van der Waals surface area contributed by atoms with Crippen molar-refractivity contribution in [2.24, 2.45) is 16.8 Å². The van der Waals surface area contributed by atoms with Gasteiger partial charge in [-0.15, -0.1) is 0 Å². The molecule has 2 atom stereocenters. The first kappa shape index (κ1) is 23.7. The summed E-state index contributed by atoms with van der Waals surface area (Å²) in [6.07, 6.45) is 1.80. The van der Waals surface area contributed by atoms with Crippen LogP contribution in [-0.4, -0.2) is 18.0 Å². The van der Waals surface area contributed by atoms with Crippen LogP contribution in [0.1, 0.15) is 28.2 Å². The monoisotopic (exact) mass is 556 g/mol. The van der Waals surface area contributed by atoms with Gasteiger partial charge in [0.15, 0.2) is 0 Å². The van der Waals surface area contributed by atoms with Gasteiger partial charge in [-0.1, -0.05) is 102 Å². The van der Waals surface area contributed by atoms with Gasteiger partial charge < -0.3 is 0 Å². The first-order valence-corrected chi connectivity index (χ1v) is 13.4. The summed E-state index contributed by atoms with van der Waals surface area (Å²) >= 11 is 19.3. The quantitative estimate of drug-likeness (QED) is 0.192. The molecule has 1 saturated heterocycles. The van der Waals surface area contributed by atoms with Crippen molar-refractivity contribution < 1.29 is 9.59 Å². The van der Waals surface area contributed by atoms with Gasteiger partial charge in [-0.05, 0) is 46.5 Å². The van der Waals surface area contributed by atoms with Crippen molar-refractivity contribution in [3.05, 3.63) is 128 Å². The first-order valence-electron chi connectivity index (χ1n) is 12.3. The van der Waals surface area contributed by atoms with E-state index in [0.717, 1.165) is 22.3 Å². The summed E-state index contributed by atoms with van der Waals surface area (Å²) in [6, 6.07) is 28.3. The molecular formula is C31H19Cl3N2O2. The molecule has 3 aliphatic carbocycles. The number of aliphatic imine (C=N–C) groups is 1. The number of anilines is 1. The summed E-state index contributed by atoms with van der Waals surface area (Å²) < 4.78 is 0. The van der Waals surface area contributed by atoms with Crippen LogP contribution in [0.15, 0.2) is 96.0 Å². The van der Waals surface area contributed by atoms with Gasteiger partial charge in [-0.3, -0.25) is 14.6 Å². The van der Waals surface area contributed by atoms with Crippen LogP contribution in [0.25, 0.3) is 0 Å². The molecule has 8 rings (SSSR count). The Morgan fingerprint density at radius 1 is 0.711 bits per heavy atom. The van der Waals surface area contributed by atoms with Crippen LogP contribution in [0.5, 0.6) is 0 Å². The van der Waals surface area contributed by atoms with E-state index < -0.39 is 17.3 Å². The van der Waals surface area contributed by atoms with E-state index in [1.165, 1.54) is 4.90 Å². The van der Waals surface area contributed by atoms with E-state index in [1.807, 2.05) is 36.4 Å². The molecule has 4 aromatic rings. The summed E-state index contributed by atoms with van der Waals surface area (Å²) in [5.41, 5.74) is 3.88. The summed E-state index contributed by atoms with van der Waals surface area (Å²) in [5, 5.41) is 1.07. The molecule has 2 amide bonds. The molecule has 0 radical (unpaired) electrons. The molecule has 4 aromatic carbocycles. The topological polar surface area (TPSA) is 49.7 Å². The Hall–Kier alpha value is -3.44. The number of hydrogen-bond donors (Lipinski definition) is 0. The number of carbonyl (C=O) groups is 2. The van der Waals surface area contributed by atoms with Crippen LogP contribution in [0.3, 0.4) is 0 Å². The lowest BCUT2D eigenvalue weighted by Crippen LogP contribution is -2.54. The van der Waals surface area contributed by atoms with Crippen LogP contribution in [0, 0.1) is 11.8 Å². The Kier molecular flexibility index (Phi) is 5.31. The van der Waals surface area contributed by atoms with Gasteiger partial charge in [0.05, 0.1) is 43.7 Å². The Bertz CT molecular complexity index is 1650. The zero-order chi connectivity index (χ0) is 26.2. The molecule has 4 nitrogen and oxygen atoms in total. The molecular weight excluding hydrogens is 539 g/mol. The number of amides is 2. The minimum atomic E-state index is -0.999. The fourth-order valence-corrected chi connectivity index (χ4v) is 7.25. The fraction of sp³-hybridized carbons (Fsp3) is 0.129. The van der Waals surface area contributed by atoms with E-state index in [1.54, 1.807) is 48.7 Å². The zero-order valence-electron chi connectivity index (χ0n) is 19.8. The van der Waals surface area contributed by atoms with Crippen molar-refractivity contribution in [3.63, 3.8) is 0 Å². The van der Waals surface area contributed by atoms with Gasteiger partial charge in [0.2, 0.25) is 11.8 Å². The summed E-state index contributed by atoms with van der Waals surface area (Å²) in [4.78, 5) is 34.7. The van der Waals surface area contributed by atoms with E-state index in [0.29, 0.717) is 26.4 Å². The highest BCUT2D eigenvalue weighted by molar-refractivity contribution is 6.43. The Balaban J connectivity index is 1.53. The Labute approximate surface area is 234 Å². The Morgan fingerprint density at radius 3 is 2.00 bits per heavy atom. The van der Waals surface area contributed by atoms with Gasteiger partial charge in [0, 0.05) is 12.1 Å². The maximum atomic E-state index is 14.4. The Morgan fingerprint density at radius 2 is 1.32 bits per heavy atom. The lowest BCUT2D eigenvalue weighted by molar-refractivity contribution is -0.122. The second-order valence-corrected chi connectivity index (χ2v) is 11.0. The number of para-hydroxylation sites is 1. The predicted molar refractivity (Wildman–Crippen MR) is 151 cm³/mol. The average molecular weight is 558 g/mol. The second-order valence-electron chi connectivity index (χ2n) is 9.82. The molecule has 0 unspecified atom stereocenters. The highest BCUT2D eigenvalue weighted by atomic mass is 35.5. The highest BCUT2D eigenvalue weighted by Gasteiger charge is 2.68. The number of imide groups is 1. The van der Waals surface area contributed by atoms with E-state index in [9.17, 15) is 9.59 Å². The fourth-order valence-electron chi connectivity index (χ4n) is 6.68. The second kappa shape index (κ2) is 8.54. The molecule has 0 aromatic heterocycles. The molecule has 1 heterocycles. The minimum Gasteiger partial charge on any atom is -0.274 e. The molecule has 4 aliphatic rings. The summed E-state index contributed by atoms with van der Waals surface area (Å²) in [7, 11) is 0. The lowest BCUT2D eigenvalue weighted by Gasteiger charge is -2.52. The molecule has 186 valence electrons. The summed E-state index contributed by atoms with van der Waals surface area (Å²) in [5.74, 6) is -2.11. The van der Waals surface area contributed by atoms with E-state index >= 15 is 0 Å². The number of halogens is 3. The van der Waals surface area contributed by atoms with Gasteiger partial charge in [-0.2, -0.15) is 0 Å². The number of benzene rings is 4. The number of nitrogens with zero attached hydrogens (tertiary/aromatic N) is 2. The van der Waals surface area contributed by atoms with Crippen LogP contribution in [0.2, 0.25) is 15.1 Å². The van der Waals surface area contributed by atoms with Crippen LogP contribution >= 0.6 is 34.8 Å². The smallest absolute Gasteiger partial charge is 0.239 e. The zero-order valence-corrected chi connectivity index (χ0v) is 22.1. The molecule has 7 heteroatoms. The highest BCUT2D eigenvalue weighted by Crippen LogP contribution is 2.64. The maximum absolute atomic E-state index is 14.4. The molecule has 1 aliphatic heterocycles. The molecule has 0 spiro atoms. The lowest BCUT2D eigenvalue weighted by atomic mass is 9.47. The summed E-state index contributed by atoms with van der Waals surface area (Å²) in [6.45, 7) is 0. The van der Waals surface area contributed by atoms with Crippen molar-refractivity contribution >= 4 is 64.2 Å².